The van der Waals surface area contributed by atoms with Gasteiger partial charge >= 0.3 is 5.97 Å². The quantitative estimate of drug-likeness (QED) is 0.675. The smallest absolute Gasteiger partial charge is 0.308 e. The van der Waals surface area contributed by atoms with Crippen LogP contribution in [0.5, 0.6) is 0 Å². The second kappa shape index (κ2) is 9.10. The SMILES string of the molecule is CCOCCCN(CC(C)C(=O)O)C(=O)c1cnc2ccccn2c1=O. The zero-order valence-corrected chi connectivity index (χ0v) is 14.9. The van der Waals surface area contributed by atoms with Gasteiger partial charge in [-0.1, -0.05) is 13.0 Å². The number of fused-ring (bicyclic) bond motifs is 1. The van der Waals surface area contributed by atoms with Crippen LogP contribution in [0.2, 0.25) is 0 Å². The minimum atomic E-state index is -0.999. The van der Waals surface area contributed by atoms with Crippen LogP contribution in [0.25, 0.3) is 5.65 Å². The van der Waals surface area contributed by atoms with Gasteiger partial charge in [0.25, 0.3) is 11.5 Å². The number of hydrogen-bond acceptors (Lipinski definition) is 5. The first kappa shape index (κ1) is 19.6. The molecule has 0 aliphatic carbocycles. The fourth-order valence-corrected chi connectivity index (χ4v) is 2.53. The molecule has 2 rings (SSSR count). The molecule has 0 aromatic carbocycles. The lowest BCUT2D eigenvalue weighted by Crippen LogP contribution is -2.40. The lowest BCUT2D eigenvalue weighted by Gasteiger charge is -2.24. The zero-order chi connectivity index (χ0) is 19.1. The highest BCUT2D eigenvalue weighted by atomic mass is 16.5. The average Bonchev–Trinajstić information content (AvgIpc) is 2.64. The van der Waals surface area contributed by atoms with E-state index in [-0.39, 0.29) is 12.1 Å². The number of rotatable bonds is 9. The van der Waals surface area contributed by atoms with Gasteiger partial charge in [-0.15, -0.1) is 0 Å². The van der Waals surface area contributed by atoms with Crippen molar-refractivity contribution >= 4 is 17.5 Å². The van der Waals surface area contributed by atoms with Gasteiger partial charge in [0.05, 0.1) is 5.92 Å². The number of pyridine rings is 1. The van der Waals surface area contributed by atoms with Gasteiger partial charge in [-0.3, -0.25) is 18.8 Å². The van der Waals surface area contributed by atoms with Crippen molar-refractivity contribution in [1.29, 1.82) is 0 Å². The number of aromatic nitrogens is 2. The van der Waals surface area contributed by atoms with Crippen molar-refractivity contribution in [2.24, 2.45) is 5.92 Å². The molecule has 1 N–H and O–H groups in total. The van der Waals surface area contributed by atoms with Gasteiger partial charge in [0.2, 0.25) is 0 Å². The highest BCUT2D eigenvalue weighted by molar-refractivity contribution is 5.94. The summed E-state index contributed by atoms with van der Waals surface area (Å²) in [6, 6.07) is 5.09. The number of carbonyl (C=O) groups excluding carboxylic acids is 1. The summed E-state index contributed by atoms with van der Waals surface area (Å²) >= 11 is 0. The van der Waals surface area contributed by atoms with Crippen LogP contribution >= 0.6 is 0 Å². The third-order valence-corrected chi connectivity index (χ3v) is 3.97. The van der Waals surface area contributed by atoms with Gasteiger partial charge in [0, 0.05) is 38.7 Å². The van der Waals surface area contributed by atoms with Crippen LogP contribution in [0.1, 0.15) is 30.6 Å². The topological polar surface area (TPSA) is 101 Å². The largest absolute Gasteiger partial charge is 0.481 e. The summed E-state index contributed by atoms with van der Waals surface area (Å²) in [4.78, 5) is 42.2. The zero-order valence-electron chi connectivity index (χ0n) is 14.9. The minimum Gasteiger partial charge on any atom is -0.481 e. The summed E-state index contributed by atoms with van der Waals surface area (Å²) in [6.07, 6.45) is 3.34. The molecule has 0 saturated carbocycles. The molecule has 0 saturated heterocycles. The van der Waals surface area contributed by atoms with Crippen LogP contribution in [-0.4, -0.2) is 57.6 Å². The monoisotopic (exact) mass is 361 g/mol. The molecule has 8 heteroatoms. The van der Waals surface area contributed by atoms with E-state index in [1.165, 1.54) is 22.4 Å². The van der Waals surface area contributed by atoms with Crippen molar-refractivity contribution in [3.63, 3.8) is 0 Å². The van der Waals surface area contributed by atoms with Crippen molar-refractivity contribution in [1.82, 2.24) is 14.3 Å². The third kappa shape index (κ3) is 4.66. The van der Waals surface area contributed by atoms with Crippen molar-refractivity contribution in [2.45, 2.75) is 20.3 Å². The summed E-state index contributed by atoms with van der Waals surface area (Å²) in [5, 5.41) is 9.15. The second-order valence-electron chi connectivity index (χ2n) is 5.95. The van der Waals surface area contributed by atoms with E-state index in [0.717, 1.165) is 0 Å². The molecule has 0 aliphatic rings. The molecule has 2 aromatic rings. The van der Waals surface area contributed by atoms with Gasteiger partial charge in [-0.25, -0.2) is 4.98 Å². The number of carboxylic acids is 1. The molecule has 0 spiro atoms. The van der Waals surface area contributed by atoms with Gasteiger partial charge in [0.1, 0.15) is 11.2 Å². The molecule has 2 heterocycles. The fourth-order valence-electron chi connectivity index (χ4n) is 2.53. The van der Waals surface area contributed by atoms with E-state index >= 15 is 0 Å². The predicted octanol–water partition coefficient (Wildman–Crippen LogP) is 1.28. The van der Waals surface area contributed by atoms with E-state index in [1.54, 1.807) is 24.4 Å². The van der Waals surface area contributed by atoms with Crippen molar-refractivity contribution < 1.29 is 19.4 Å². The number of ether oxygens (including phenoxy) is 1. The van der Waals surface area contributed by atoms with Gasteiger partial charge < -0.3 is 14.7 Å². The number of hydrogen-bond donors (Lipinski definition) is 1. The Bertz CT molecular complexity index is 833. The maximum atomic E-state index is 12.9. The van der Waals surface area contributed by atoms with Crippen LogP contribution in [0.15, 0.2) is 35.4 Å². The molecule has 0 aliphatic heterocycles. The highest BCUT2D eigenvalue weighted by Gasteiger charge is 2.24. The van der Waals surface area contributed by atoms with Crippen molar-refractivity contribution in [2.75, 3.05) is 26.3 Å². The number of carbonyl (C=O) groups is 2. The molecule has 1 unspecified atom stereocenters. The Balaban J connectivity index is 2.28. The second-order valence-corrected chi connectivity index (χ2v) is 5.95. The van der Waals surface area contributed by atoms with Crippen LogP contribution in [0.3, 0.4) is 0 Å². The Morgan fingerprint density at radius 2 is 2.15 bits per heavy atom. The van der Waals surface area contributed by atoms with Crippen LogP contribution in [0.4, 0.5) is 0 Å². The van der Waals surface area contributed by atoms with Crippen molar-refractivity contribution in [3.8, 4) is 0 Å². The van der Waals surface area contributed by atoms with E-state index in [4.69, 9.17) is 9.84 Å². The van der Waals surface area contributed by atoms with E-state index in [9.17, 15) is 14.4 Å². The van der Waals surface area contributed by atoms with E-state index in [2.05, 4.69) is 4.98 Å². The van der Waals surface area contributed by atoms with Crippen LogP contribution in [0, 0.1) is 5.92 Å². The van der Waals surface area contributed by atoms with Gasteiger partial charge in [0.15, 0.2) is 0 Å². The Labute approximate surface area is 151 Å². The lowest BCUT2D eigenvalue weighted by molar-refractivity contribution is -0.141. The Kier molecular flexibility index (Phi) is 6.85. The van der Waals surface area contributed by atoms with E-state index in [0.29, 0.717) is 31.8 Å². The summed E-state index contributed by atoms with van der Waals surface area (Å²) in [6.45, 7) is 4.73. The maximum absolute atomic E-state index is 12.9. The standard InChI is InChI=1S/C18H23N3O5/c1-3-26-10-6-8-20(12-13(2)18(24)25)16(22)14-11-19-15-7-4-5-9-21(15)17(14)23/h4-5,7,9,11,13H,3,6,8,10,12H2,1-2H3,(H,24,25). The van der Waals surface area contributed by atoms with E-state index in [1.807, 2.05) is 6.92 Å². The Morgan fingerprint density at radius 1 is 1.38 bits per heavy atom. The third-order valence-electron chi connectivity index (χ3n) is 3.97. The lowest BCUT2D eigenvalue weighted by atomic mass is 10.1. The van der Waals surface area contributed by atoms with Gasteiger partial charge in [-0.05, 0) is 25.5 Å². The summed E-state index contributed by atoms with van der Waals surface area (Å²) in [5.41, 5.74) is -0.114. The molecule has 1 atom stereocenters. The normalized spacial score (nSPS) is 12.1. The molecular weight excluding hydrogens is 338 g/mol. The molecule has 0 radical (unpaired) electrons. The predicted molar refractivity (Wildman–Crippen MR) is 95.3 cm³/mol. The summed E-state index contributed by atoms with van der Waals surface area (Å²) < 4.78 is 6.57. The highest BCUT2D eigenvalue weighted by Crippen LogP contribution is 2.07. The maximum Gasteiger partial charge on any atom is 0.308 e. The first-order valence-corrected chi connectivity index (χ1v) is 8.52. The average molecular weight is 361 g/mol. The van der Waals surface area contributed by atoms with Gasteiger partial charge in [-0.2, -0.15) is 0 Å². The summed E-state index contributed by atoms with van der Waals surface area (Å²) in [5.74, 6) is -2.27. The van der Waals surface area contributed by atoms with Crippen LogP contribution in [-0.2, 0) is 9.53 Å². The minimum absolute atomic E-state index is 0.0111. The molecule has 0 bridgehead atoms. The Hall–Kier alpha value is -2.74. The molecule has 2 aromatic heterocycles. The molecular formula is C18H23N3O5. The number of nitrogens with zero attached hydrogens (tertiary/aromatic N) is 3. The first-order chi connectivity index (χ1) is 12.5. The fraction of sp³-hybridized carbons (Fsp3) is 0.444. The molecule has 0 fully saturated rings. The number of amides is 1. The van der Waals surface area contributed by atoms with Crippen molar-refractivity contribution in [3.05, 3.63) is 46.5 Å². The molecule has 1 amide bonds. The molecule has 140 valence electrons. The number of aliphatic carboxylic acids is 1. The van der Waals surface area contributed by atoms with E-state index < -0.39 is 23.4 Å². The Morgan fingerprint density at radius 3 is 2.85 bits per heavy atom. The summed E-state index contributed by atoms with van der Waals surface area (Å²) in [7, 11) is 0. The first-order valence-electron chi connectivity index (χ1n) is 8.52. The molecule has 8 nitrogen and oxygen atoms in total. The molecule has 26 heavy (non-hydrogen) atoms. The van der Waals surface area contributed by atoms with Crippen LogP contribution < -0.4 is 5.56 Å². The number of carboxylic acid groups (broad SMARTS) is 1.